The van der Waals surface area contributed by atoms with Gasteiger partial charge >= 0.3 is 0 Å². The second-order valence-electron chi connectivity index (χ2n) is 6.35. The Balaban J connectivity index is 1.44. The molecular formula is C21H18N2O2S2. The average molecular weight is 395 g/mol. The lowest BCUT2D eigenvalue weighted by Gasteiger charge is -2.09. The molecule has 1 N–H and O–H groups in total. The molecule has 0 saturated carbocycles. The molecule has 0 radical (unpaired) electrons. The molecule has 0 bridgehead atoms. The lowest BCUT2D eigenvalue weighted by Crippen LogP contribution is -2.10. The Kier molecular flexibility index (Phi) is 5.33. The van der Waals surface area contributed by atoms with Crippen molar-refractivity contribution in [2.24, 2.45) is 0 Å². The van der Waals surface area contributed by atoms with Crippen molar-refractivity contribution in [1.82, 2.24) is 0 Å². The number of amides is 1. The summed E-state index contributed by atoms with van der Waals surface area (Å²) in [6, 6.07) is 15.9. The molecule has 6 heteroatoms. The van der Waals surface area contributed by atoms with Crippen LogP contribution in [0.2, 0.25) is 0 Å². The highest BCUT2D eigenvalue weighted by molar-refractivity contribution is 7.98. The van der Waals surface area contributed by atoms with E-state index in [1.54, 1.807) is 17.8 Å². The maximum atomic E-state index is 12.6. The van der Waals surface area contributed by atoms with Crippen molar-refractivity contribution in [3.8, 4) is 6.07 Å². The van der Waals surface area contributed by atoms with Crippen molar-refractivity contribution < 1.29 is 9.21 Å². The van der Waals surface area contributed by atoms with Crippen molar-refractivity contribution in [3.63, 3.8) is 0 Å². The number of carbonyl (C=O) groups excluding carboxylic acids is 1. The zero-order chi connectivity index (χ0) is 18.6. The van der Waals surface area contributed by atoms with Gasteiger partial charge < -0.3 is 9.73 Å². The molecular weight excluding hydrogens is 376 g/mol. The molecule has 4 nitrogen and oxygen atoms in total. The van der Waals surface area contributed by atoms with Gasteiger partial charge in [0.25, 0.3) is 5.91 Å². The third-order valence-electron chi connectivity index (χ3n) is 4.52. The number of furan rings is 1. The van der Waals surface area contributed by atoms with Gasteiger partial charge in [0.1, 0.15) is 16.8 Å². The Morgan fingerprint density at radius 2 is 2.00 bits per heavy atom. The SMILES string of the molecule is N#Cc1c(NC(=O)c2ccc(CSc3ccccc3)o2)sc2c1CCCC2. The Hall–Kier alpha value is -2.49. The van der Waals surface area contributed by atoms with E-state index >= 15 is 0 Å². The number of benzene rings is 1. The molecule has 1 amide bonds. The number of hydrogen-bond acceptors (Lipinski definition) is 5. The molecule has 4 rings (SSSR count). The van der Waals surface area contributed by atoms with Crippen LogP contribution in [0.1, 0.15) is 45.2 Å². The van der Waals surface area contributed by atoms with E-state index in [0.29, 0.717) is 16.3 Å². The molecule has 0 atom stereocenters. The largest absolute Gasteiger partial charge is 0.455 e. The summed E-state index contributed by atoms with van der Waals surface area (Å²) in [4.78, 5) is 15.0. The summed E-state index contributed by atoms with van der Waals surface area (Å²) in [6.45, 7) is 0. The normalized spacial score (nSPS) is 13.0. The van der Waals surface area contributed by atoms with Gasteiger partial charge in [-0.05, 0) is 55.5 Å². The highest BCUT2D eigenvalue weighted by Gasteiger charge is 2.23. The summed E-state index contributed by atoms with van der Waals surface area (Å²) in [5, 5.41) is 13.0. The van der Waals surface area contributed by atoms with Gasteiger partial charge in [-0.15, -0.1) is 23.1 Å². The zero-order valence-electron chi connectivity index (χ0n) is 14.7. The number of hydrogen-bond donors (Lipinski definition) is 1. The van der Waals surface area contributed by atoms with E-state index in [0.717, 1.165) is 41.9 Å². The lowest BCUT2D eigenvalue weighted by molar-refractivity contribution is 0.0995. The Morgan fingerprint density at radius 3 is 2.81 bits per heavy atom. The fourth-order valence-electron chi connectivity index (χ4n) is 3.19. The maximum absolute atomic E-state index is 12.6. The monoisotopic (exact) mass is 394 g/mol. The Labute approximate surface area is 166 Å². The van der Waals surface area contributed by atoms with Crippen molar-refractivity contribution in [3.05, 3.63) is 70.0 Å². The number of anilines is 1. The number of carbonyl (C=O) groups is 1. The number of thiophene rings is 1. The first-order valence-corrected chi connectivity index (χ1v) is 10.7. The zero-order valence-corrected chi connectivity index (χ0v) is 16.3. The standard InChI is InChI=1S/C21H18N2O2S2/c22-12-17-16-8-4-5-9-19(16)27-21(17)23-20(24)18-11-10-14(25-18)13-26-15-6-2-1-3-7-15/h1-3,6-7,10-11H,4-5,8-9,13H2,(H,23,24). The van der Waals surface area contributed by atoms with Gasteiger partial charge in [-0.3, -0.25) is 4.79 Å². The van der Waals surface area contributed by atoms with Gasteiger partial charge in [0.05, 0.1) is 11.3 Å². The minimum atomic E-state index is -0.305. The average Bonchev–Trinajstić information content (AvgIpc) is 3.31. The summed E-state index contributed by atoms with van der Waals surface area (Å²) in [6.07, 6.45) is 4.16. The minimum Gasteiger partial charge on any atom is -0.455 e. The van der Waals surface area contributed by atoms with E-state index in [1.165, 1.54) is 16.2 Å². The molecule has 0 spiro atoms. The fraction of sp³-hybridized carbons (Fsp3) is 0.238. The quantitative estimate of drug-likeness (QED) is 0.569. The number of rotatable bonds is 5. The van der Waals surface area contributed by atoms with Crippen LogP contribution in [-0.2, 0) is 18.6 Å². The third-order valence-corrected chi connectivity index (χ3v) is 6.76. The van der Waals surface area contributed by atoms with Gasteiger partial charge in [0.15, 0.2) is 5.76 Å². The molecule has 1 aliphatic rings. The van der Waals surface area contributed by atoms with Crippen LogP contribution in [0.15, 0.2) is 51.8 Å². The number of nitrogens with one attached hydrogen (secondary N) is 1. The van der Waals surface area contributed by atoms with Crippen molar-refractivity contribution in [2.75, 3.05) is 5.32 Å². The Morgan fingerprint density at radius 1 is 1.19 bits per heavy atom. The molecule has 0 unspecified atom stereocenters. The predicted octanol–water partition coefficient (Wildman–Crippen LogP) is 5.64. The van der Waals surface area contributed by atoms with Crippen molar-refractivity contribution >= 4 is 34.0 Å². The topological polar surface area (TPSA) is 66.0 Å². The van der Waals surface area contributed by atoms with Crippen LogP contribution < -0.4 is 5.32 Å². The van der Waals surface area contributed by atoms with Crippen LogP contribution >= 0.6 is 23.1 Å². The number of thioether (sulfide) groups is 1. The van der Waals surface area contributed by atoms with Crippen LogP contribution in [0, 0.1) is 11.3 Å². The summed E-state index contributed by atoms with van der Waals surface area (Å²) in [5.41, 5.74) is 1.73. The van der Waals surface area contributed by atoms with Gasteiger partial charge in [-0.2, -0.15) is 5.26 Å². The summed E-state index contributed by atoms with van der Waals surface area (Å²) >= 11 is 3.18. The van der Waals surface area contributed by atoms with E-state index in [9.17, 15) is 10.1 Å². The number of nitrogens with zero attached hydrogens (tertiary/aromatic N) is 1. The van der Waals surface area contributed by atoms with Gasteiger partial charge in [0.2, 0.25) is 0 Å². The molecule has 0 fully saturated rings. The highest BCUT2D eigenvalue weighted by atomic mass is 32.2. The molecule has 1 aromatic carbocycles. The summed E-state index contributed by atoms with van der Waals surface area (Å²) < 4.78 is 5.70. The van der Waals surface area contributed by atoms with Crippen LogP contribution in [0.5, 0.6) is 0 Å². The van der Waals surface area contributed by atoms with E-state index in [2.05, 4.69) is 11.4 Å². The summed E-state index contributed by atoms with van der Waals surface area (Å²) in [5.74, 6) is 1.38. The number of aryl methyl sites for hydroxylation is 1. The van der Waals surface area contributed by atoms with Gasteiger partial charge in [0, 0.05) is 9.77 Å². The third kappa shape index (κ3) is 3.95. The Bertz CT molecular complexity index is 999. The maximum Gasteiger partial charge on any atom is 0.292 e. The molecule has 2 heterocycles. The van der Waals surface area contributed by atoms with E-state index < -0.39 is 0 Å². The van der Waals surface area contributed by atoms with E-state index in [4.69, 9.17) is 4.42 Å². The van der Waals surface area contributed by atoms with Crippen LogP contribution in [-0.4, -0.2) is 5.91 Å². The van der Waals surface area contributed by atoms with Crippen molar-refractivity contribution in [2.45, 2.75) is 36.3 Å². The minimum absolute atomic E-state index is 0.272. The first-order chi connectivity index (χ1) is 13.2. The molecule has 136 valence electrons. The molecule has 27 heavy (non-hydrogen) atoms. The molecule has 0 saturated heterocycles. The highest BCUT2D eigenvalue weighted by Crippen LogP contribution is 2.37. The van der Waals surface area contributed by atoms with Gasteiger partial charge in [-0.25, -0.2) is 0 Å². The predicted molar refractivity (Wildman–Crippen MR) is 108 cm³/mol. The van der Waals surface area contributed by atoms with Gasteiger partial charge in [-0.1, -0.05) is 18.2 Å². The second-order valence-corrected chi connectivity index (χ2v) is 8.50. The van der Waals surface area contributed by atoms with E-state index in [1.807, 2.05) is 36.4 Å². The molecule has 3 aromatic rings. The smallest absolute Gasteiger partial charge is 0.292 e. The van der Waals surface area contributed by atoms with Crippen LogP contribution in [0.4, 0.5) is 5.00 Å². The fourth-order valence-corrected chi connectivity index (χ4v) is 5.23. The van der Waals surface area contributed by atoms with Crippen LogP contribution in [0.25, 0.3) is 0 Å². The molecule has 1 aliphatic carbocycles. The van der Waals surface area contributed by atoms with Crippen LogP contribution in [0.3, 0.4) is 0 Å². The van der Waals surface area contributed by atoms with E-state index in [-0.39, 0.29) is 11.7 Å². The summed E-state index contributed by atoms with van der Waals surface area (Å²) in [7, 11) is 0. The molecule has 0 aliphatic heterocycles. The molecule has 2 aromatic heterocycles. The lowest BCUT2D eigenvalue weighted by atomic mass is 9.96. The second kappa shape index (κ2) is 8.03. The van der Waals surface area contributed by atoms with Crippen molar-refractivity contribution in [1.29, 1.82) is 5.26 Å². The first kappa shape index (κ1) is 17.9. The number of fused-ring (bicyclic) bond motifs is 1. The first-order valence-electron chi connectivity index (χ1n) is 8.87. The number of nitriles is 1.